The van der Waals surface area contributed by atoms with E-state index in [9.17, 15) is 9.59 Å². The molecule has 21 heavy (non-hydrogen) atoms. The van der Waals surface area contributed by atoms with E-state index in [1.165, 1.54) is 0 Å². The Labute approximate surface area is 121 Å². The number of esters is 1. The lowest BCUT2D eigenvalue weighted by Gasteiger charge is -2.03. The lowest BCUT2D eigenvalue weighted by atomic mass is 10.1. The Balaban J connectivity index is 1.71. The molecule has 0 spiro atoms. The van der Waals surface area contributed by atoms with E-state index in [2.05, 4.69) is 4.98 Å². The molecule has 0 aliphatic rings. The maximum absolute atomic E-state index is 12.2. The van der Waals surface area contributed by atoms with Gasteiger partial charge in [-0.3, -0.25) is 4.79 Å². The van der Waals surface area contributed by atoms with Crippen LogP contribution in [0.3, 0.4) is 0 Å². The van der Waals surface area contributed by atoms with Gasteiger partial charge in [-0.2, -0.15) is 0 Å². The Bertz CT molecular complexity index is 790. The molecule has 0 saturated carbocycles. The number of benzene rings is 2. The van der Waals surface area contributed by atoms with E-state index in [1.54, 1.807) is 30.5 Å². The number of fused-ring (bicyclic) bond motifs is 1. The minimum absolute atomic E-state index is 0.225. The second-order valence-electron chi connectivity index (χ2n) is 4.61. The van der Waals surface area contributed by atoms with Crippen LogP contribution in [0.25, 0.3) is 10.9 Å². The molecule has 2 aromatic carbocycles. The first kappa shape index (κ1) is 13.1. The molecule has 1 N–H and O–H groups in total. The van der Waals surface area contributed by atoms with E-state index in [1.807, 2.05) is 30.3 Å². The molecule has 4 heteroatoms. The topological polar surface area (TPSA) is 59.2 Å². The average molecular weight is 279 g/mol. The summed E-state index contributed by atoms with van der Waals surface area (Å²) in [6.45, 7) is -0.268. The van der Waals surface area contributed by atoms with Crippen molar-refractivity contribution in [2.24, 2.45) is 0 Å². The van der Waals surface area contributed by atoms with Crippen molar-refractivity contribution >= 4 is 22.7 Å². The highest BCUT2D eigenvalue weighted by molar-refractivity contribution is 6.09. The second-order valence-corrected chi connectivity index (χ2v) is 4.61. The predicted octanol–water partition coefficient (Wildman–Crippen LogP) is 3.21. The van der Waals surface area contributed by atoms with Crippen LogP contribution in [-0.2, 0) is 4.74 Å². The van der Waals surface area contributed by atoms with E-state index in [0.717, 1.165) is 10.9 Å². The Morgan fingerprint density at radius 2 is 1.67 bits per heavy atom. The lowest BCUT2D eigenvalue weighted by molar-refractivity contribution is 0.0475. The van der Waals surface area contributed by atoms with Crippen molar-refractivity contribution in [2.45, 2.75) is 0 Å². The molecule has 0 atom stereocenters. The Morgan fingerprint density at radius 1 is 0.952 bits per heavy atom. The first-order chi connectivity index (χ1) is 10.3. The van der Waals surface area contributed by atoms with Crippen molar-refractivity contribution in [3.63, 3.8) is 0 Å². The summed E-state index contributed by atoms with van der Waals surface area (Å²) in [6, 6.07) is 16.1. The lowest BCUT2D eigenvalue weighted by Crippen LogP contribution is -2.13. The van der Waals surface area contributed by atoms with Crippen LogP contribution in [0, 0.1) is 0 Å². The average Bonchev–Trinajstić information content (AvgIpc) is 2.97. The number of nitrogens with one attached hydrogen (secondary N) is 1. The maximum atomic E-state index is 12.2. The monoisotopic (exact) mass is 279 g/mol. The van der Waals surface area contributed by atoms with Crippen LogP contribution in [-0.4, -0.2) is 23.3 Å². The molecule has 3 aromatic rings. The van der Waals surface area contributed by atoms with Crippen molar-refractivity contribution in [3.05, 3.63) is 71.9 Å². The first-order valence-corrected chi connectivity index (χ1v) is 6.57. The highest BCUT2D eigenvalue weighted by Crippen LogP contribution is 2.18. The molecule has 0 unspecified atom stereocenters. The van der Waals surface area contributed by atoms with E-state index < -0.39 is 5.97 Å². The van der Waals surface area contributed by atoms with E-state index >= 15 is 0 Å². The van der Waals surface area contributed by atoms with E-state index in [0.29, 0.717) is 11.1 Å². The fourth-order valence-electron chi connectivity index (χ4n) is 2.17. The zero-order chi connectivity index (χ0) is 14.7. The number of H-pyrrole nitrogens is 1. The fourth-order valence-corrected chi connectivity index (χ4v) is 2.17. The molecule has 0 amide bonds. The number of rotatable bonds is 4. The summed E-state index contributed by atoms with van der Waals surface area (Å²) in [5.41, 5.74) is 1.85. The third kappa shape index (κ3) is 2.69. The van der Waals surface area contributed by atoms with Crippen molar-refractivity contribution in [2.75, 3.05) is 6.61 Å². The maximum Gasteiger partial charge on any atom is 0.338 e. The number of Topliss-reactive ketones (excluding diaryl/α,β-unsaturated/α-hetero) is 1. The molecule has 104 valence electrons. The number of ether oxygens (including phenoxy) is 1. The van der Waals surface area contributed by atoms with Gasteiger partial charge in [0, 0.05) is 22.7 Å². The smallest absolute Gasteiger partial charge is 0.338 e. The number of ketones is 1. The Hall–Kier alpha value is -2.88. The van der Waals surface area contributed by atoms with Crippen molar-refractivity contribution in [3.8, 4) is 0 Å². The standard InChI is InChI=1S/C17H13NO3/c19-16(11-21-17(20)12-6-2-1-3-7-12)14-10-18-15-9-5-4-8-13(14)15/h1-10,18H,11H2. The number of hydrogen-bond donors (Lipinski definition) is 1. The highest BCUT2D eigenvalue weighted by atomic mass is 16.5. The molecule has 0 aliphatic carbocycles. The van der Waals surface area contributed by atoms with Gasteiger partial charge in [0.2, 0.25) is 5.78 Å². The van der Waals surface area contributed by atoms with Crippen molar-refractivity contribution in [1.29, 1.82) is 0 Å². The SMILES string of the molecule is O=C(OCC(=O)c1c[nH]c2ccccc12)c1ccccc1. The van der Waals surface area contributed by atoms with Gasteiger partial charge in [0.05, 0.1) is 5.56 Å². The summed E-state index contributed by atoms with van der Waals surface area (Å²) in [4.78, 5) is 27.0. The van der Waals surface area contributed by atoms with Gasteiger partial charge >= 0.3 is 5.97 Å². The van der Waals surface area contributed by atoms with Crippen LogP contribution in [0.15, 0.2) is 60.8 Å². The van der Waals surface area contributed by atoms with Gasteiger partial charge in [-0.05, 0) is 18.2 Å². The summed E-state index contributed by atoms with van der Waals surface area (Å²) in [5, 5.41) is 0.832. The Kier molecular flexibility index (Phi) is 3.51. The van der Waals surface area contributed by atoms with Crippen LogP contribution in [0.2, 0.25) is 0 Å². The summed E-state index contributed by atoms with van der Waals surface area (Å²) in [7, 11) is 0. The summed E-state index contributed by atoms with van der Waals surface area (Å²) in [6.07, 6.45) is 1.64. The molecule has 0 radical (unpaired) electrons. The number of para-hydroxylation sites is 1. The molecule has 1 heterocycles. The van der Waals surface area contributed by atoms with Crippen LogP contribution in [0.4, 0.5) is 0 Å². The van der Waals surface area contributed by atoms with Crippen molar-refractivity contribution in [1.82, 2.24) is 4.98 Å². The first-order valence-electron chi connectivity index (χ1n) is 6.57. The quantitative estimate of drug-likeness (QED) is 0.589. The molecule has 0 bridgehead atoms. The van der Waals surface area contributed by atoms with Crippen LogP contribution in [0.5, 0.6) is 0 Å². The molecule has 0 saturated heterocycles. The zero-order valence-corrected chi connectivity index (χ0v) is 11.2. The van der Waals surface area contributed by atoms with Gasteiger partial charge in [0.25, 0.3) is 0 Å². The fraction of sp³-hybridized carbons (Fsp3) is 0.0588. The van der Waals surface area contributed by atoms with Crippen LogP contribution < -0.4 is 0 Å². The Morgan fingerprint density at radius 3 is 2.48 bits per heavy atom. The third-order valence-electron chi connectivity index (χ3n) is 3.23. The third-order valence-corrected chi connectivity index (χ3v) is 3.23. The highest BCUT2D eigenvalue weighted by Gasteiger charge is 2.14. The van der Waals surface area contributed by atoms with Gasteiger partial charge in [-0.1, -0.05) is 36.4 Å². The van der Waals surface area contributed by atoms with Crippen molar-refractivity contribution < 1.29 is 14.3 Å². The minimum atomic E-state index is -0.496. The second kappa shape index (κ2) is 5.63. The van der Waals surface area contributed by atoms with E-state index in [4.69, 9.17) is 4.74 Å². The molecule has 4 nitrogen and oxygen atoms in total. The molecule has 0 aliphatic heterocycles. The molecule has 1 aromatic heterocycles. The number of aromatic nitrogens is 1. The molecule has 3 rings (SSSR count). The summed E-state index contributed by atoms with van der Waals surface area (Å²) >= 11 is 0. The van der Waals surface area contributed by atoms with Gasteiger partial charge in [-0.15, -0.1) is 0 Å². The van der Waals surface area contributed by atoms with E-state index in [-0.39, 0.29) is 12.4 Å². The number of carbonyl (C=O) groups is 2. The molecular formula is C17H13NO3. The predicted molar refractivity (Wildman–Crippen MR) is 79.4 cm³/mol. The van der Waals surface area contributed by atoms with Crippen LogP contribution in [0.1, 0.15) is 20.7 Å². The zero-order valence-electron chi connectivity index (χ0n) is 11.2. The van der Waals surface area contributed by atoms with Gasteiger partial charge < -0.3 is 9.72 Å². The van der Waals surface area contributed by atoms with Gasteiger partial charge in [-0.25, -0.2) is 4.79 Å². The molecule has 0 fully saturated rings. The van der Waals surface area contributed by atoms with Crippen LogP contribution >= 0.6 is 0 Å². The largest absolute Gasteiger partial charge is 0.454 e. The number of aromatic amines is 1. The summed E-state index contributed by atoms with van der Waals surface area (Å²) in [5.74, 6) is -0.722. The van der Waals surface area contributed by atoms with Gasteiger partial charge in [0.1, 0.15) is 0 Å². The number of hydrogen-bond acceptors (Lipinski definition) is 3. The molecular weight excluding hydrogens is 266 g/mol. The summed E-state index contributed by atoms with van der Waals surface area (Å²) < 4.78 is 5.06. The number of carbonyl (C=O) groups excluding carboxylic acids is 2. The van der Waals surface area contributed by atoms with Gasteiger partial charge in [0.15, 0.2) is 6.61 Å². The normalized spacial score (nSPS) is 10.5. The minimum Gasteiger partial charge on any atom is -0.454 e.